The highest BCUT2D eigenvalue weighted by molar-refractivity contribution is 7.90. The summed E-state index contributed by atoms with van der Waals surface area (Å²) in [5.74, 6) is 0.119. The quantitative estimate of drug-likeness (QED) is 0.805. The maximum absolute atomic E-state index is 11.5. The van der Waals surface area contributed by atoms with Crippen LogP contribution < -0.4 is 5.32 Å². The van der Waals surface area contributed by atoms with E-state index in [9.17, 15) is 8.42 Å². The van der Waals surface area contributed by atoms with Gasteiger partial charge in [0.15, 0.2) is 0 Å². The van der Waals surface area contributed by atoms with Gasteiger partial charge in [-0.1, -0.05) is 42.0 Å². The summed E-state index contributed by atoms with van der Waals surface area (Å²) in [5.41, 5.74) is 2.22. The zero-order valence-electron chi connectivity index (χ0n) is 11.2. The minimum Gasteiger partial charge on any atom is -0.306 e. The van der Waals surface area contributed by atoms with Crippen molar-refractivity contribution in [1.29, 1.82) is 0 Å². The summed E-state index contributed by atoms with van der Waals surface area (Å²) < 4.78 is 22.9. The molecular weight excluding hydrogens is 246 g/mol. The average Bonchev–Trinajstić information content (AvgIpc) is 2.27. The van der Waals surface area contributed by atoms with Crippen molar-refractivity contribution in [3.8, 4) is 0 Å². The predicted molar refractivity (Wildman–Crippen MR) is 76.3 cm³/mol. The van der Waals surface area contributed by atoms with Crippen molar-refractivity contribution < 1.29 is 8.42 Å². The van der Waals surface area contributed by atoms with Gasteiger partial charge in [-0.05, 0) is 19.4 Å². The first-order valence-corrected chi connectivity index (χ1v) is 8.04. The van der Waals surface area contributed by atoms with Crippen molar-refractivity contribution in [3.05, 3.63) is 47.5 Å². The fourth-order valence-electron chi connectivity index (χ4n) is 1.67. The van der Waals surface area contributed by atoms with Crippen LogP contribution in [0.2, 0.25) is 0 Å². The topological polar surface area (TPSA) is 46.2 Å². The molecule has 1 aromatic rings. The minimum absolute atomic E-state index is 0.119. The summed E-state index contributed by atoms with van der Waals surface area (Å²) in [7, 11) is -3.01. The van der Waals surface area contributed by atoms with E-state index in [0.717, 1.165) is 5.56 Å². The minimum atomic E-state index is -3.01. The molecule has 0 radical (unpaired) electrons. The fourth-order valence-corrected chi connectivity index (χ4v) is 2.58. The standard InChI is InChI=1S/C14H21NO2S/c1-12(2)9-10-15-14(11-18(3,16)17)13-7-5-4-6-8-13/h4-9,14-15H,10-11H2,1-3H3. The molecule has 1 N–H and O–H groups in total. The second kappa shape index (κ2) is 6.71. The van der Waals surface area contributed by atoms with Crippen LogP contribution >= 0.6 is 0 Å². The Morgan fingerprint density at radius 1 is 1.28 bits per heavy atom. The number of hydrogen-bond acceptors (Lipinski definition) is 3. The molecule has 0 aliphatic rings. The highest BCUT2D eigenvalue weighted by atomic mass is 32.2. The van der Waals surface area contributed by atoms with Crippen molar-refractivity contribution >= 4 is 9.84 Å². The van der Waals surface area contributed by atoms with Gasteiger partial charge in [-0.25, -0.2) is 8.42 Å². The van der Waals surface area contributed by atoms with Crippen molar-refractivity contribution in [2.24, 2.45) is 0 Å². The lowest BCUT2D eigenvalue weighted by molar-refractivity contribution is 0.570. The summed E-state index contributed by atoms with van der Waals surface area (Å²) in [6.07, 6.45) is 3.32. The van der Waals surface area contributed by atoms with Gasteiger partial charge < -0.3 is 5.32 Å². The van der Waals surface area contributed by atoms with Gasteiger partial charge in [-0.3, -0.25) is 0 Å². The molecule has 1 atom stereocenters. The fraction of sp³-hybridized carbons (Fsp3) is 0.429. The molecule has 0 aromatic heterocycles. The molecule has 1 unspecified atom stereocenters. The maximum Gasteiger partial charge on any atom is 0.149 e. The van der Waals surface area contributed by atoms with Crippen LogP contribution in [0.15, 0.2) is 42.0 Å². The largest absolute Gasteiger partial charge is 0.306 e. The molecule has 0 aliphatic carbocycles. The number of benzene rings is 1. The second-order valence-corrected chi connectivity index (χ2v) is 6.93. The van der Waals surface area contributed by atoms with Crippen LogP contribution in [-0.4, -0.2) is 27.0 Å². The Balaban J connectivity index is 2.79. The smallest absolute Gasteiger partial charge is 0.149 e. The van der Waals surface area contributed by atoms with E-state index in [1.54, 1.807) is 0 Å². The predicted octanol–water partition coefficient (Wildman–Crippen LogP) is 2.33. The molecule has 0 amide bonds. The Morgan fingerprint density at radius 2 is 1.89 bits per heavy atom. The van der Waals surface area contributed by atoms with Gasteiger partial charge in [0.1, 0.15) is 9.84 Å². The SMILES string of the molecule is CC(C)=CCNC(CS(C)(=O)=O)c1ccccc1. The molecule has 1 aromatic carbocycles. The summed E-state index contributed by atoms with van der Waals surface area (Å²) in [6, 6.07) is 9.52. The second-order valence-electron chi connectivity index (χ2n) is 4.75. The molecule has 0 aliphatic heterocycles. The Morgan fingerprint density at radius 3 is 2.39 bits per heavy atom. The molecular formula is C14H21NO2S. The van der Waals surface area contributed by atoms with Gasteiger partial charge in [0.25, 0.3) is 0 Å². The third-order valence-electron chi connectivity index (χ3n) is 2.55. The Bertz CT molecular complexity index is 488. The van der Waals surface area contributed by atoms with Crippen LogP contribution in [0.1, 0.15) is 25.5 Å². The van der Waals surface area contributed by atoms with Crippen molar-refractivity contribution in [1.82, 2.24) is 5.32 Å². The molecule has 3 nitrogen and oxygen atoms in total. The molecule has 4 heteroatoms. The molecule has 0 heterocycles. The highest BCUT2D eigenvalue weighted by Crippen LogP contribution is 2.14. The first-order valence-electron chi connectivity index (χ1n) is 5.98. The summed E-state index contributed by atoms with van der Waals surface area (Å²) in [4.78, 5) is 0. The van der Waals surface area contributed by atoms with E-state index in [-0.39, 0.29) is 11.8 Å². The molecule has 0 spiro atoms. The maximum atomic E-state index is 11.5. The number of nitrogens with one attached hydrogen (secondary N) is 1. The number of allylic oxidation sites excluding steroid dienone is 1. The van der Waals surface area contributed by atoms with E-state index < -0.39 is 9.84 Å². The zero-order valence-corrected chi connectivity index (χ0v) is 12.0. The van der Waals surface area contributed by atoms with Crippen molar-refractivity contribution in [2.45, 2.75) is 19.9 Å². The molecule has 0 fully saturated rings. The monoisotopic (exact) mass is 267 g/mol. The molecule has 0 saturated carbocycles. The van der Waals surface area contributed by atoms with Crippen LogP contribution in [0.5, 0.6) is 0 Å². The van der Waals surface area contributed by atoms with Crippen molar-refractivity contribution in [3.63, 3.8) is 0 Å². The summed E-state index contributed by atoms with van der Waals surface area (Å²) >= 11 is 0. The van der Waals surface area contributed by atoms with Gasteiger partial charge in [0, 0.05) is 18.8 Å². The lowest BCUT2D eigenvalue weighted by Gasteiger charge is -2.17. The first-order chi connectivity index (χ1) is 8.38. The van der Waals surface area contributed by atoms with E-state index in [4.69, 9.17) is 0 Å². The average molecular weight is 267 g/mol. The van der Waals surface area contributed by atoms with Crippen molar-refractivity contribution in [2.75, 3.05) is 18.6 Å². The highest BCUT2D eigenvalue weighted by Gasteiger charge is 2.16. The lowest BCUT2D eigenvalue weighted by Crippen LogP contribution is -2.28. The van der Waals surface area contributed by atoms with Gasteiger partial charge in [0.05, 0.1) is 5.75 Å². The van der Waals surface area contributed by atoms with Crippen LogP contribution in [0.4, 0.5) is 0 Å². The number of hydrogen-bond donors (Lipinski definition) is 1. The molecule has 0 bridgehead atoms. The van der Waals surface area contributed by atoms with E-state index in [1.807, 2.05) is 44.2 Å². The number of sulfone groups is 1. The number of rotatable bonds is 6. The zero-order chi connectivity index (χ0) is 13.6. The Kier molecular flexibility index (Phi) is 5.56. The Hall–Kier alpha value is -1.13. The molecule has 0 saturated heterocycles. The molecule has 100 valence electrons. The summed E-state index contributed by atoms with van der Waals surface area (Å²) in [5, 5.41) is 3.27. The van der Waals surface area contributed by atoms with Crippen LogP contribution in [0.25, 0.3) is 0 Å². The lowest BCUT2D eigenvalue weighted by atomic mass is 10.1. The van der Waals surface area contributed by atoms with E-state index >= 15 is 0 Å². The van der Waals surface area contributed by atoms with Gasteiger partial charge >= 0.3 is 0 Å². The normalized spacial score (nSPS) is 13.1. The van der Waals surface area contributed by atoms with E-state index in [1.165, 1.54) is 11.8 Å². The first kappa shape index (κ1) is 14.9. The third-order valence-corrected chi connectivity index (χ3v) is 3.48. The Labute approximate surface area is 110 Å². The van der Waals surface area contributed by atoms with Crippen LogP contribution in [0.3, 0.4) is 0 Å². The van der Waals surface area contributed by atoms with Crippen LogP contribution in [0, 0.1) is 0 Å². The van der Waals surface area contributed by atoms with Gasteiger partial charge in [0.2, 0.25) is 0 Å². The van der Waals surface area contributed by atoms with E-state index in [2.05, 4.69) is 11.4 Å². The molecule has 18 heavy (non-hydrogen) atoms. The van der Waals surface area contributed by atoms with Gasteiger partial charge in [-0.15, -0.1) is 0 Å². The van der Waals surface area contributed by atoms with Gasteiger partial charge in [-0.2, -0.15) is 0 Å². The van der Waals surface area contributed by atoms with E-state index in [0.29, 0.717) is 6.54 Å². The van der Waals surface area contributed by atoms with Crippen LogP contribution in [-0.2, 0) is 9.84 Å². The third kappa shape index (κ3) is 5.98. The molecule has 1 rings (SSSR count). The summed E-state index contributed by atoms with van der Waals surface area (Å²) in [6.45, 7) is 4.73.